The molecule has 1 N–H and O–H groups in total. The van der Waals surface area contributed by atoms with Crippen molar-refractivity contribution in [1.82, 2.24) is 5.32 Å². The van der Waals surface area contributed by atoms with Gasteiger partial charge in [-0.25, -0.2) is 0 Å². The second kappa shape index (κ2) is 4.89. The van der Waals surface area contributed by atoms with Crippen LogP contribution in [0, 0.1) is 17.8 Å². The SMILES string of the molecule is c1csc(CNCCC2CC3CCC2C3)c1. The molecule has 1 aromatic rings. The molecule has 2 heteroatoms. The molecular formula is C14H21NS. The topological polar surface area (TPSA) is 12.0 Å². The summed E-state index contributed by atoms with van der Waals surface area (Å²) in [6.07, 6.45) is 7.55. The Hall–Kier alpha value is -0.340. The molecule has 1 aromatic heterocycles. The minimum atomic E-state index is 1.05. The average molecular weight is 235 g/mol. The van der Waals surface area contributed by atoms with Gasteiger partial charge in [0, 0.05) is 11.4 Å². The molecule has 3 rings (SSSR count). The van der Waals surface area contributed by atoms with E-state index in [4.69, 9.17) is 0 Å². The highest BCUT2D eigenvalue weighted by Crippen LogP contribution is 2.49. The van der Waals surface area contributed by atoms with Crippen LogP contribution >= 0.6 is 11.3 Å². The molecule has 16 heavy (non-hydrogen) atoms. The summed E-state index contributed by atoms with van der Waals surface area (Å²) in [6.45, 7) is 2.28. The van der Waals surface area contributed by atoms with E-state index in [1.165, 1.54) is 37.1 Å². The van der Waals surface area contributed by atoms with Gasteiger partial charge in [-0.2, -0.15) is 0 Å². The van der Waals surface area contributed by atoms with E-state index in [-0.39, 0.29) is 0 Å². The molecule has 0 radical (unpaired) electrons. The van der Waals surface area contributed by atoms with Gasteiger partial charge >= 0.3 is 0 Å². The standard InChI is InChI=1S/C14H21NS/c1-2-14(16-7-1)10-15-6-5-13-9-11-3-4-12(13)8-11/h1-2,7,11-13,15H,3-6,8-10H2. The minimum absolute atomic E-state index is 1.05. The van der Waals surface area contributed by atoms with Crippen molar-refractivity contribution in [1.29, 1.82) is 0 Å². The highest BCUT2D eigenvalue weighted by Gasteiger charge is 2.38. The third kappa shape index (κ3) is 2.33. The third-order valence-corrected chi connectivity index (χ3v) is 5.33. The van der Waals surface area contributed by atoms with Crippen LogP contribution in [0.25, 0.3) is 0 Å². The fourth-order valence-electron chi connectivity index (χ4n) is 3.64. The number of hydrogen-bond donors (Lipinski definition) is 1. The molecule has 88 valence electrons. The molecule has 0 saturated heterocycles. The predicted molar refractivity (Wildman–Crippen MR) is 69.6 cm³/mol. The van der Waals surface area contributed by atoms with Gasteiger partial charge in [0.25, 0.3) is 0 Å². The van der Waals surface area contributed by atoms with E-state index in [0.717, 1.165) is 24.3 Å². The molecule has 3 unspecified atom stereocenters. The Balaban J connectivity index is 1.35. The van der Waals surface area contributed by atoms with Gasteiger partial charge in [-0.05, 0) is 61.4 Å². The van der Waals surface area contributed by atoms with Crippen LogP contribution in [0.1, 0.15) is 37.0 Å². The van der Waals surface area contributed by atoms with Crippen LogP contribution in [0.15, 0.2) is 17.5 Å². The zero-order valence-corrected chi connectivity index (χ0v) is 10.6. The zero-order valence-electron chi connectivity index (χ0n) is 9.82. The Morgan fingerprint density at radius 1 is 1.31 bits per heavy atom. The maximum absolute atomic E-state index is 3.58. The van der Waals surface area contributed by atoms with E-state index in [1.54, 1.807) is 6.42 Å². The molecule has 2 saturated carbocycles. The molecule has 0 spiro atoms. The highest BCUT2D eigenvalue weighted by atomic mass is 32.1. The van der Waals surface area contributed by atoms with Gasteiger partial charge in [-0.3, -0.25) is 0 Å². The second-order valence-corrected chi connectivity index (χ2v) is 6.51. The molecule has 2 bridgehead atoms. The van der Waals surface area contributed by atoms with E-state index in [9.17, 15) is 0 Å². The van der Waals surface area contributed by atoms with Crippen molar-refractivity contribution in [2.45, 2.75) is 38.6 Å². The van der Waals surface area contributed by atoms with Crippen LogP contribution in [0.2, 0.25) is 0 Å². The lowest BCUT2D eigenvalue weighted by atomic mass is 9.86. The van der Waals surface area contributed by atoms with Gasteiger partial charge < -0.3 is 5.32 Å². The summed E-state index contributed by atoms with van der Waals surface area (Å²) in [7, 11) is 0. The van der Waals surface area contributed by atoms with Crippen molar-refractivity contribution in [3.8, 4) is 0 Å². The Morgan fingerprint density at radius 3 is 3.00 bits per heavy atom. The summed E-state index contributed by atoms with van der Waals surface area (Å²) in [6, 6.07) is 4.35. The van der Waals surface area contributed by atoms with E-state index in [1.807, 2.05) is 11.3 Å². The third-order valence-electron chi connectivity index (χ3n) is 4.46. The van der Waals surface area contributed by atoms with Gasteiger partial charge in [0.05, 0.1) is 0 Å². The molecular weight excluding hydrogens is 214 g/mol. The highest BCUT2D eigenvalue weighted by molar-refractivity contribution is 7.09. The van der Waals surface area contributed by atoms with Gasteiger partial charge in [-0.1, -0.05) is 12.5 Å². The largest absolute Gasteiger partial charge is 0.312 e. The molecule has 2 aliphatic rings. The van der Waals surface area contributed by atoms with Crippen molar-refractivity contribution < 1.29 is 0 Å². The lowest BCUT2D eigenvalue weighted by Crippen LogP contribution is -2.20. The average Bonchev–Trinajstić information content (AvgIpc) is 3.01. The number of nitrogens with one attached hydrogen (secondary N) is 1. The molecule has 0 aliphatic heterocycles. The van der Waals surface area contributed by atoms with Crippen LogP contribution in [-0.2, 0) is 6.54 Å². The smallest absolute Gasteiger partial charge is 0.0299 e. The van der Waals surface area contributed by atoms with Gasteiger partial charge in [0.1, 0.15) is 0 Å². The quantitative estimate of drug-likeness (QED) is 0.768. The first-order valence-corrected chi connectivity index (χ1v) is 7.53. The fraction of sp³-hybridized carbons (Fsp3) is 0.714. The minimum Gasteiger partial charge on any atom is -0.312 e. The summed E-state index contributed by atoms with van der Waals surface area (Å²) in [4.78, 5) is 1.47. The van der Waals surface area contributed by atoms with E-state index in [0.29, 0.717) is 0 Å². The van der Waals surface area contributed by atoms with Gasteiger partial charge in [0.2, 0.25) is 0 Å². The van der Waals surface area contributed by atoms with Crippen LogP contribution in [0.5, 0.6) is 0 Å². The molecule has 0 aromatic carbocycles. The van der Waals surface area contributed by atoms with Crippen molar-refractivity contribution >= 4 is 11.3 Å². The zero-order chi connectivity index (χ0) is 10.8. The molecule has 0 amide bonds. The van der Waals surface area contributed by atoms with E-state index >= 15 is 0 Å². The summed E-state index contributed by atoms with van der Waals surface area (Å²) in [5.74, 6) is 3.25. The van der Waals surface area contributed by atoms with E-state index < -0.39 is 0 Å². The van der Waals surface area contributed by atoms with Gasteiger partial charge in [-0.15, -0.1) is 11.3 Å². The molecule has 1 heterocycles. The van der Waals surface area contributed by atoms with Crippen molar-refractivity contribution in [2.24, 2.45) is 17.8 Å². The van der Waals surface area contributed by atoms with E-state index in [2.05, 4.69) is 22.8 Å². The molecule has 2 fully saturated rings. The Morgan fingerprint density at radius 2 is 2.31 bits per heavy atom. The molecule has 3 atom stereocenters. The van der Waals surface area contributed by atoms with Gasteiger partial charge in [0.15, 0.2) is 0 Å². The van der Waals surface area contributed by atoms with Crippen molar-refractivity contribution in [3.05, 3.63) is 22.4 Å². The van der Waals surface area contributed by atoms with Crippen LogP contribution < -0.4 is 5.32 Å². The predicted octanol–water partition coefficient (Wildman–Crippen LogP) is 3.66. The second-order valence-electron chi connectivity index (χ2n) is 5.48. The maximum atomic E-state index is 3.58. The summed E-state index contributed by atoms with van der Waals surface area (Å²) >= 11 is 1.86. The summed E-state index contributed by atoms with van der Waals surface area (Å²) in [5, 5.41) is 5.74. The number of fused-ring (bicyclic) bond motifs is 2. The number of hydrogen-bond acceptors (Lipinski definition) is 2. The molecule has 2 aliphatic carbocycles. The Bertz CT molecular complexity index is 319. The van der Waals surface area contributed by atoms with Crippen molar-refractivity contribution in [3.63, 3.8) is 0 Å². The first kappa shape index (κ1) is 10.8. The lowest BCUT2D eigenvalue weighted by Gasteiger charge is -2.21. The Labute approximate surface area is 102 Å². The summed E-state index contributed by atoms with van der Waals surface area (Å²) < 4.78 is 0. The number of thiophene rings is 1. The maximum Gasteiger partial charge on any atom is 0.0299 e. The Kier molecular flexibility index (Phi) is 3.30. The van der Waals surface area contributed by atoms with Crippen LogP contribution in [0.4, 0.5) is 0 Å². The lowest BCUT2D eigenvalue weighted by molar-refractivity contribution is 0.310. The fourth-order valence-corrected chi connectivity index (χ4v) is 4.32. The van der Waals surface area contributed by atoms with Crippen molar-refractivity contribution in [2.75, 3.05) is 6.54 Å². The van der Waals surface area contributed by atoms with Crippen LogP contribution in [-0.4, -0.2) is 6.54 Å². The first-order chi connectivity index (χ1) is 7.92. The normalized spacial score (nSPS) is 32.4. The molecule has 1 nitrogen and oxygen atoms in total. The number of rotatable bonds is 5. The van der Waals surface area contributed by atoms with Crippen LogP contribution in [0.3, 0.4) is 0 Å². The monoisotopic (exact) mass is 235 g/mol. The summed E-state index contributed by atoms with van der Waals surface area (Å²) in [5.41, 5.74) is 0. The first-order valence-electron chi connectivity index (χ1n) is 6.65.